The molecule has 0 amide bonds. The molecule has 2 aromatic carbocycles. The summed E-state index contributed by atoms with van der Waals surface area (Å²) in [6, 6.07) is 16.5. The fraction of sp³-hybridized carbons (Fsp3) is 0.0714. The van der Waals surface area contributed by atoms with Gasteiger partial charge in [0.2, 0.25) is 0 Å². The molecule has 3 aromatic rings. The van der Waals surface area contributed by atoms with Crippen LogP contribution in [-0.4, -0.2) is 27.1 Å². The van der Waals surface area contributed by atoms with Gasteiger partial charge >= 0.3 is 116 Å². The molecule has 0 radical (unpaired) electrons. The summed E-state index contributed by atoms with van der Waals surface area (Å²) in [7, 11) is 1.70. The van der Waals surface area contributed by atoms with Gasteiger partial charge in [-0.25, -0.2) is 0 Å². The molecule has 0 aliphatic carbocycles. The summed E-state index contributed by atoms with van der Waals surface area (Å²) in [5.41, 5.74) is 1.10. The molecule has 1 aromatic heterocycles. The molecule has 2 nitrogen and oxygen atoms in total. The van der Waals surface area contributed by atoms with Crippen LogP contribution >= 0.6 is 11.3 Å². The van der Waals surface area contributed by atoms with E-state index in [1.54, 1.807) is 18.4 Å². The molecule has 0 fully saturated rings. The number of para-hydroxylation sites is 1. The molecule has 0 aliphatic heterocycles. The van der Waals surface area contributed by atoms with Crippen LogP contribution in [0.1, 0.15) is 0 Å². The Kier molecular flexibility index (Phi) is 3.32. The van der Waals surface area contributed by atoms with Crippen LogP contribution in [0.25, 0.3) is 10.2 Å². The van der Waals surface area contributed by atoms with Crippen molar-refractivity contribution in [2.24, 2.45) is 0 Å². The van der Waals surface area contributed by atoms with Crippen molar-refractivity contribution in [3.63, 3.8) is 0 Å². The van der Waals surface area contributed by atoms with Gasteiger partial charge < -0.3 is 0 Å². The molecule has 0 saturated carbocycles. The van der Waals surface area contributed by atoms with Gasteiger partial charge in [-0.3, -0.25) is 0 Å². The monoisotopic (exact) mass is 321 g/mol. The number of thiazole rings is 1. The van der Waals surface area contributed by atoms with E-state index < -0.39 is 0 Å². The zero-order valence-electron chi connectivity index (χ0n) is 9.79. The number of rotatable bonds is 3. The second kappa shape index (κ2) is 5.10. The van der Waals surface area contributed by atoms with Crippen LogP contribution in [-0.2, 0) is 0 Å². The second-order valence-corrected chi connectivity index (χ2v) is 7.57. The van der Waals surface area contributed by atoms with Crippen molar-refractivity contribution in [3.05, 3.63) is 48.5 Å². The first-order valence-corrected chi connectivity index (χ1v) is 8.05. The van der Waals surface area contributed by atoms with Crippen molar-refractivity contribution in [3.8, 4) is 5.75 Å². The molecular weight excluding hydrogens is 309 g/mol. The molecule has 0 N–H and O–H groups in total. The average Bonchev–Trinajstić information content (AvgIpc) is 2.81. The molecule has 0 unspecified atom stereocenters. The van der Waals surface area contributed by atoms with Gasteiger partial charge in [0.15, 0.2) is 0 Å². The maximum absolute atomic E-state index is 5.24. The SMILES string of the molecule is COc1cccc([Se]c2nc3ccccc3s2)c1. The number of benzene rings is 2. The number of fused-ring (bicyclic) bond motifs is 1. The zero-order valence-corrected chi connectivity index (χ0v) is 12.3. The molecule has 0 saturated heterocycles. The van der Waals surface area contributed by atoms with Crippen molar-refractivity contribution in [1.82, 2.24) is 4.98 Å². The first-order valence-electron chi connectivity index (χ1n) is 5.52. The Bertz CT molecular complexity index is 647. The van der Waals surface area contributed by atoms with Crippen molar-refractivity contribution in [2.75, 3.05) is 7.11 Å². The molecule has 0 atom stereocenters. The predicted molar refractivity (Wildman–Crippen MR) is 77.6 cm³/mol. The Balaban J connectivity index is 1.91. The van der Waals surface area contributed by atoms with E-state index in [0.717, 1.165) is 11.3 Å². The quantitative estimate of drug-likeness (QED) is 0.688. The van der Waals surface area contributed by atoms with Crippen molar-refractivity contribution < 1.29 is 4.74 Å². The molecule has 1 heterocycles. The van der Waals surface area contributed by atoms with Gasteiger partial charge in [0, 0.05) is 0 Å². The Morgan fingerprint density at radius 3 is 2.83 bits per heavy atom. The number of nitrogens with zero attached hydrogens (tertiary/aromatic N) is 1. The molecule has 0 spiro atoms. The molecule has 4 heteroatoms. The van der Waals surface area contributed by atoms with E-state index in [1.807, 2.05) is 18.2 Å². The number of methoxy groups -OCH3 is 1. The van der Waals surface area contributed by atoms with Crippen molar-refractivity contribution in [1.29, 1.82) is 0 Å². The molecule has 0 aliphatic rings. The van der Waals surface area contributed by atoms with Gasteiger partial charge in [0.25, 0.3) is 0 Å². The summed E-state index contributed by atoms with van der Waals surface area (Å²) in [6.45, 7) is 0. The van der Waals surface area contributed by atoms with E-state index >= 15 is 0 Å². The summed E-state index contributed by atoms with van der Waals surface area (Å²) in [4.78, 5) is 4.67. The number of ether oxygens (including phenoxy) is 1. The third kappa shape index (κ3) is 2.41. The number of hydrogen-bond acceptors (Lipinski definition) is 3. The first kappa shape index (κ1) is 11.7. The van der Waals surface area contributed by atoms with E-state index in [1.165, 1.54) is 13.1 Å². The minimum absolute atomic E-state index is 0.248. The number of aromatic nitrogens is 1. The summed E-state index contributed by atoms with van der Waals surface area (Å²) in [5, 5.41) is 0. The second-order valence-electron chi connectivity index (χ2n) is 3.73. The predicted octanol–water partition coefficient (Wildman–Crippen LogP) is 1.96. The van der Waals surface area contributed by atoms with Crippen LogP contribution in [0.2, 0.25) is 0 Å². The van der Waals surface area contributed by atoms with E-state index in [4.69, 9.17) is 4.74 Å². The average molecular weight is 320 g/mol. The van der Waals surface area contributed by atoms with Gasteiger partial charge in [0.1, 0.15) is 0 Å². The first-order chi connectivity index (χ1) is 8.85. The van der Waals surface area contributed by atoms with Crippen LogP contribution < -0.4 is 13.1 Å². The van der Waals surface area contributed by atoms with Crippen molar-refractivity contribution >= 4 is 44.9 Å². The topological polar surface area (TPSA) is 22.1 Å². The third-order valence-electron chi connectivity index (χ3n) is 2.52. The van der Waals surface area contributed by atoms with E-state index in [2.05, 4.69) is 35.3 Å². The molecular formula is C14H11NOSSe. The van der Waals surface area contributed by atoms with Gasteiger partial charge in [-0.15, -0.1) is 0 Å². The fourth-order valence-electron chi connectivity index (χ4n) is 1.66. The van der Waals surface area contributed by atoms with Crippen LogP contribution in [0.5, 0.6) is 5.75 Å². The zero-order chi connectivity index (χ0) is 12.4. The van der Waals surface area contributed by atoms with Gasteiger partial charge in [-0.2, -0.15) is 0 Å². The molecule has 3 rings (SSSR count). The third-order valence-corrected chi connectivity index (χ3v) is 5.89. The van der Waals surface area contributed by atoms with Crippen LogP contribution in [0, 0.1) is 0 Å². The molecule has 18 heavy (non-hydrogen) atoms. The standard InChI is InChI=1S/C14H11NOSSe/c1-16-10-5-4-6-11(9-10)18-14-15-12-7-2-3-8-13(12)17-14/h2-9H,1H3. The fourth-order valence-corrected chi connectivity index (χ4v) is 5.13. The van der Waals surface area contributed by atoms with E-state index in [9.17, 15) is 0 Å². The Labute approximate surface area is 116 Å². The summed E-state index contributed by atoms with van der Waals surface area (Å²) in [6.07, 6.45) is 0. The Hall–Kier alpha value is -1.35. The van der Waals surface area contributed by atoms with E-state index in [-0.39, 0.29) is 15.0 Å². The van der Waals surface area contributed by atoms with Crippen LogP contribution in [0.15, 0.2) is 48.5 Å². The summed E-state index contributed by atoms with van der Waals surface area (Å²) >= 11 is 2.03. The molecule has 90 valence electrons. The van der Waals surface area contributed by atoms with Crippen molar-refractivity contribution in [2.45, 2.75) is 0 Å². The van der Waals surface area contributed by atoms with E-state index in [0.29, 0.717) is 0 Å². The Morgan fingerprint density at radius 2 is 2.00 bits per heavy atom. The summed E-state index contributed by atoms with van der Waals surface area (Å²) in [5.74, 6) is 0.912. The van der Waals surface area contributed by atoms with Crippen LogP contribution in [0.3, 0.4) is 0 Å². The molecule has 0 bridgehead atoms. The Morgan fingerprint density at radius 1 is 1.11 bits per heavy atom. The number of hydrogen-bond donors (Lipinski definition) is 0. The van der Waals surface area contributed by atoms with Gasteiger partial charge in [-0.05, 0) is 0 Å². The van der Waals surface area contributed by atoms with Gasteiger partial charge in [0.05, 0.1) is 0 Å². The maximum atomic E-state index is 5.24. The van der Waals surface area contributed by atoms with Crippen LogP contribution in [0.4, 0.5) is 0 Å². The van der Waals surface area contributed by atoms with Gasteiger partial charge in [-0.1, -0.05) is 0 Å². The minimum atomic E-state index is 0.248. The normalized spacial score (nSPS) is 10.7. The summed E-state index contributed by atoms with van der Waals surface area (Å²) < 4.78 is 9.00.